The maximum Gasteiger partial charge on any atom is 0.174 e. The standard InChI is InChI=1S/C11H11ClN2O2S2/c12-7-1-3-8(4-2-7)14-10-6-18(15,16)5-9(10)13-11(14)17/h1-4,9-10H,5-6H2,(H,13,17). The first kappa shape index (κ1) is 12.2. The van der Waals surface area contributed by atoms with Crippen LogP contribution in [0.15, 0.2) is 24.3 Å². The van der Waals surface area contributed by atoms with Crippen LogP contribution < -0.4 is 10.2 Å². The molecule has 1 aromatic rings. The van der Waals surface area contributed by atoms with Crippen molar-refractivity contribution in [2.45, 2.75) is 12.1 Å². The van der Waals surface area contributed by atoms with E-state index in [2.05, 4.69) is 5.32 Å². The molecule has 2 unspecified atom stereocenters. The zero-order valence-electron chi connectivity index (χ0n) is 9.34. The molecule has 2 heterocycles. The number of nitrogens with zero attached hydrogens (tertiary/aromatic N) is 1. The Hall–Kier alpha value is -0.850. The molecule has 0 radical (unpaired) electrons. The monoisotopic (exact) mass is 302 g/mol. The van der Waals surface area contributed by atoms with E-state index in [0.29, 0.717) is 10.1 Å². The first-order chi connectivity index (χ1) is 8.46. The van der Waals surface area contributed by atoms with E-state index < -0.39 is 9.84 Å². The summed E-state index contributed by atoms with van der Waals surface area (Å²) >= 11 is 11.1. The number of anilines is 1. The Morgan fingerprint density at radius 3 is 2.61 bits per heavy atom. The number of benzene rings is 1. The SMILES string of the molecule is O=S1(=O)CC2NC(=S)N(c3ccc(Cl)cc3)C2C1. The van der Waals surface area contributed by atoms with Crippen LogP contribution in [0.4, 0.5) is 5.69 Å². The van der Waals surface area contributed by atoms with Gasteiger partial charge in [0.05, 0.1) is 23.6 Å². The van der Waals surface area contributed by atoms with Gasteiger partial charge in [-0.25, -0.2) is 8.42 Å². The maximum atomic E-state index is 11.7. The molecule has 7 heteroatoms. The lowest BCUT2D eigenvalue weighted by molar-refractivity contribution is 0.600. The minimum atomic E-state index is -2.97. The van der Waals surface area contributed by atoms with Gasteiger partial charge in [0.1, 0.15) is 0 Å². The Labute approximate surface area is 116 Å². The second-order valence-electron chi connectivity index (χ2n) is 4.55. The van der Waals surface area contributed by atoms with Crippen LogP contribution in [0.1, 0.15) is 0 Å². The summed E-state index contributed by atoms with van der Waals surface area (Å²) in [6.07, 6.45) is 0. The van der Waals surface area contributed by atoms with Gasteiger partial charge < -0.3 is 10.2 Å². The number of hydrogen-bond donors (Lipinski definition) is 1. The normalized spacial score (nSPS) is 29.2. The van der Waals surface area contributed by atoms with E-state index in [1.807, 2.05) is 17.0 Å². The molecule has 0 spiro atoms. The van der Waals surface area contributed by atoms with Crippen molar-refractivity contribution in [1.82, 2.24) is 5.32 Å². The van der Waals surface area contributed by atoms with Crippen molar-refractivity contribution in [3.05, 3.63) is 29.3 Å². The highest BCUT2D eigenvalue weighted by Crippen LogP contribution is 2.30. The molecular formula is C11H11ClN2O2S2. The number of halogens is 1. The molecule has 2 aliphatic heterocycles. The topological polar surface area (TPSA) is 49.4 Å². The Morgan fingerprint density at radius 2 is 1.94 bits per heavy atom. The molecule has 1 aromatic carbocycles. The predicted octanol–water partition coefficient (Wildman–Crippen LogP) is 1.20. The van der Waals surface area contributed by atoms with Crippen LogP contribution in [0.5, 0.6) is 0 Å². The van der Waals surface area contributed by atoms with Gasteiger partial charge >= 0.3 is 0 Å². The van der Waals surface area contributed by atoms with Gasteiger partial charge in [-0.05, 0) is 36.5 Å². The van der Waals surface area contributed by atoms with Gasteiger partial charge in [0.25, 0.3) is 0 Å². The van der Waals surface area contributed by atoms with Gasteiger partial charge in [-0.3, -0.25) is 0 Å². The van der Waals surface area contributed by atoms with Crippen LogP contribution in [-0.2, 0) is 9.84 Å². The Morgan fingerprint density at radius 1 is 1.28 bits per heavy atom. The van der Waals surface area contributed by atoms with Gasteiger partial charge in [0.2, 0.25) is 0 Å². The maximum absolute atomic E-state index is 11.7. The van der Waals surface area contributed by atoms with Crippen molar-refractivity contribution >= 4 is 44.5 Å². The van der Waals surface area contributed by atoms with E-state index >= 15 is 0 Å². The molecule has 0 aromatic heterocycles. The molecule has 2 fully saturated rings. The summed E-state index contributed by atoms with van der Waals surface area (Å²) in [5.41, 5.74) is 0.876. The first-order valence-corrected chi connectivity index (χ1v) is 8.13. The van der Waals surface area contributed by atoms with Crippen LogP contribution in [0, 0.1) is 0 Å². The van der Waals surface area contributed by atoms with Crippen molar-refractivity contribution in [3.63, 3.8) is 0 Å². The molecule has 2 aliphatic rings. The fourth-order valence-electron chi connectivity index (χ4n) is 2.51. The third-order valence-electron chi connectivity index (χ3n) is 3.29. The number of hydrogen-bond acceptors (Lipinski definition) is 3. The molecule has 0 bridgehead atoms. The molecule has 2 atom stereocenters. The fraction of sp³-hybridized carbons (Fsp3) is 0.364. The number of nitrogens with one attached hydrogen (secondary N) is 1. The Balaban J connectivity index is 1.96. The number of rotatable bonds is 1. The molecule has 0 saturated carbocycles. The summed E-state index contributed by atoms with van der Waals surface area (Å²) in [4.78, 5) is 1.88. The zero-order valence-corrected chi connectivity index (χ0v) is 11.7. The van der Waals surface area contributed by atoms with Gasteiger partial charge in [0.15, 0.2) is 14.9 Å². The summed E-state index contributed by atoms with van der Waals surface area (Å²) in [7, 11) is -2.97. The minimum Gasteiger partial charge on any atom is -0.356 e. The van der Waals surface area contributed by atoms with E-state index in [1.165, 1.54) is 0 Å². The summed E-state index contributed by atoms with van der Waals surface area (Å²) < 4.78 is 23.3. The highest BCUT2D eigenvalue weighted by molar-refractivity contribution is 7.91. The molecule has 0 amide bonds. The minimum absolute atomic E-state index is 0.0989. The number of sulfone groups is 1. The number of thiocarbonyl (C=S) groups is 1. The average molecular weight is 303 g/mol. The summed E-state index contributed by atoms with van der Waals surface area (Å²) in [6.45, 7) is 0. The highest BCUT2D eigenvalue weighted by atomic mass is 35.5. The van der Waals surface area contributed by atoms with Crippen molar-refractivity contribution in [1.29, 1.82) is 0 Å². The van der Waals surface area contributed by atoms with Crippen LogP contribution in [0.3, 0.4) is 0 Å². The summed E-state index contributed by atoms with van der Waals surface area (Å²) in [5.74, 6) is 0.301. The van der Waals surface area contributed by atoms with Crippen molar-refractivity contribution in [2.24, 2.45) is 0 Å². The predicted molar refractivity (Wildman–Crippen MR) is 75.9 cm³/mol. The van der Waals surface area contributed by atoms with E-state index in [9.17, 15) is 8.42 Å². The van der Waals surface area contributed by atoms with Crippen molar-refractivity contribution < 1.29 is 8.42 Å². The van der Waals surface area contributed by atoms with E-state index in [4.69, 9.17) is 23.8 Å². The Kier molecular flexibility index (Phi) is 2.76. The number of fused-ring (bicyclic) bond motifs is 1. The lowest BCUT2D eigenvalue weighted by Gasteiger charge is -2.23. The van der Waals surface area contributed by atoms with Gasteiger partial charge in [-0.1, -0.05) is 11.6 Å². The third kappa shape index (κ3) is 1.98. The van der Waals surface area contributed by atoms with Crippen LogP contribution in [0.25, 0.3) is 0 Å². The molecule has 3 rings (SSSR count). The van der Waals surface area contributed by atoms with E-state index in [1.54, 1.807) is 12.1 Å². The molecule has 1 N–H and O–H groups in total. The van der Waals surface area contributed by atoms with Gasteiger partial charge in [-0.15, -0.1) is 0 Å². The molecular weight excluding hydrogens is 292 g/mol. The Bertz CT molecular complexity index is 600. The van der Waals surface area contributed by atoms with Crippen molar-refractivity contribution in [3.8, 4) is 0 Å². The second kappa shape index (κ2) is 4.08. The molecule has 4 nitrogen and oxygen atoms in total. The average Bonchev–Trinajstić information content (AvgIpc) is 2.70. The molecule has 0 aliphatic carbocycles. The molecule has 2 saturated heterocycles. The molecule has 18 heavy (non-hydrogen) atoms. The third-order valence-corrected chi connectivity index (χ3v) is 5.57. The summed E-state index contributed by atoms with van der Waals surface area (Å²) in [5, 5.41) is 4.31. The van der Waals surface area contributed by atoms with Crippen molar-refractivity contribution in [2.75, 3.05) is 16.4 Å². The van der Waals surface area contributed by atoms with Crippen LogP contribution in [-0.4, -0.2) is 37.1 Å². The highest BCUT2D eigenvalue weighted by Gasteiger charge is 2.47. The largest absolute Gasteiger partial charge is 0.356 e. The lowest BCUT2D eigenvalue weighted by atomic mass is 10.1. The zero-order chi connectivity index (χ0) is 12.9. The smallest absolute Gasteiger partial charge is 0.174 e. The lowest BCUT2D eigenvalue weighted by Crippen LogP contribution is -2.36. The fourth-order valence-corrected chi connectivity index (χ4v) is 4.92. The van der Waals surface area contributed by atoms with Crippen LogP contribution in [0.2, 0.25) is 5.02 Å². The van der Waals surface area contributed by atoms with Gasteiger partial charge in [0, 0.05) is 10.7 Å². The quantitative estimate of drug-likeness (QED) is 0.790. The van der Waals surface area contributed by atoms with E-state index in [0.717, 1.165) is 5.69 Å². The molecule has 96 valence electrons. The van der Waals surface area contributed by atoms with Gasteiger partial charge in [-0.2, -0.15) is 0 Å². The van der Waals surface area contributed by atoms with Crippen LogP contribution >= 0.6 is 23.8 Å². The first-order valence-electron chi connectivity index (χ1n) is 5.52. The van der Waals surface area contributed by atoms with E-state index in [-0.39, 0.29) is 23.6 Å². The summed E-state index contributed by atoms with van der Waals surface area (Å²) in [6, 6.07) is 7.04. The second-order valence-corrected chi connectivity index (χ2v) is 7.52.